The maximum atomic E-state index is 12.0. The molecule has 0 bridgehead atoms. The average Bonchev–Trinajstić information content (AvgIpc) is 2.69. The van der Waals surface area contributed by atoms with E-state index < -0.39 is 5.60 Å². The summed E-state index contributed by atoms with van der Waals surface area (Å²) in [6, 6.07) is 7.42. The lowest BCUT2D eigenvalue weighted by atomic mass is 10.2. The smallest absolute Gasteiger partial charge is 0.418 e. The summed E-state index contributed by atoms with van der Waals surface area (Å²) in [6.45, 7) is 5.53. The van der Waals surface area contributed by atoms with E-state index in [0.717, 1.165) is 16.7 Å². The van der Waals surface area contributed by atoms with Gasteiger partial charge in [0.2, 0.25) is 0 Å². The number of methoxy groups -OCH3 is 1. The lowest BCUT2D eigenvalue weighted by Crippen LogP contribution is -2.26. The van der Waals surface area contributed by atoms with Crippen molar-refractivity contribution in [2.75, 3.05) is 7.11 Å². The number of hydrogen-bond acceptors (Lipinski definition) is 3. The van der Waals surface area contributed by atoms with Crippen LogP contribution in [0.15, 0.2) is 30.5 Å². The molecular weight excluding hydrogens is 230 g/mol. The second-order valence-electron chi connectivity index (χ2n) is 5.06. The summed E-state index contributed by atoms with van der Waals surface area (Å²) >= 11 is 0. The SMILES string of the molecule is COc1cccc2c1ccn2C(=O)OC(C)(C)C. The molecule has 1 heterocycles. The minimum atomic E-state index is -0.507. The minimum Gasteiger partial charge on any atom is -0.496 e. The predicted octanol–water partition coefficient (Wildman–Crippen LogP) is 3.43. The van der Waals surface area contributed by atoms with Crippen molar-refractivity contribution in [1.29, 1.82) is 0 Å². The van der Waals surface area contributed by atoms with E-state index in [-0.39, 0.29) is 6.09 Å². The Labute approximate surface area is 106 Å². The number of ether oxygens (including phenoxy) is 2. The number of aromatic nitrogens is 1. The summed E-state index contributed by atoms with van der Waals surface area (Å²) in [5, 5.41) is 0.894. The van der Waals surface area contributed by atoms with Gasteiger partial charge in [-0.3, -0.25) is 4.57 Å². The van der Waals surface area contributed by atoms with Gasteiger partial charge in [0, 0.05) is 11.6 Å². The van der Waals surface area contributed by atoms with Crippen molar-refractivity contribution in [3.63, 3.8) is 0 Å². The van der Waals surface area contributed by atoms with Crippen LogP contribution >= 0.6 is 0 Å². The van der Waals surface area contributed by atoms with E-state index >= 15 is 0 Å². The molecular formula is C14H17NO3. The zero-order valence-electron chi connectivity index (χ0n) is 11.1. The van der Waals surface area contributed by atoms with Crippen LogP contribution in [-0.4, -0.2) is 23.4 Å². The zero-order chi connectivity index (χ0) is 13.3. The van der Waals surface area contributed by atoms with Crippen molar-refractivity contribution in [2.24, 2.45) is 0 Å². The van der Waals surface area contributed by atoms with E-state index in [1.54, 1.807) is 13.3 Å². The molecule has 1 aromatic heterocycles. The molecule has 0 atom stereocenters. The molecule has 4 nitrogen and oxygen atoms in total. The van der Waals surface area contributed by atoms with Crippen LogP contribution in [0.25, 0.3) is 10.9 Å². The van der Waals surface area contributed by atoms with Gasteiger partial charge in [-0.25, -0.2) is 4.79 Å². The number of fused-ring (bicyclic) bond motifs is 1. The first-order valence-corrected chi connectivity index (χ1v) is 5.80. The Kier molecular flexibility index (Phi) is 3.03. The van der Waals surface area contributed by atoms with E-state index in [0.29, 0.717) is 0 Å². The predicted molar refractivity (Wildman–Crippen MR) is 70.1 cm³/mol. The van der Waals surface area contributed by atoms with Crippen LogP contribution in [0.5, 0.6) is 5.75 Å². The van der Waals surface area contributed by atoms with Gasteiger partial charge in [0.05, 0.1) is 12.6 Å². The highest BCUT2D eigenvalue weighted by molar-refractivity contribution is 5.93. The second kappa shape index (κ2) is 4.37. The van der Waals surface area contributed by atoms with Gasteiger partial charge in [-0.05, 0) is 39.0 Å². The van der Waals surface area contributed by atoms with Crippen LogP contribution in [0.3, 0.4) is 0 Å². The number of benzene rings is 1. The largest absolute Gasteiger partial charge is 0.496 e. The van der Waals surface area contributed by atoms with Crippen molar-refractivity contribution in [3.8, 4) is 5.75 Å². The lowest BCUT2D eigenvalue weighted by Gasteiger charge is -2.19. The van der Waals surface area contributed by atoms with Crippen molar-refractivity contribution in [3.05, 3.63) is 30.5 Å². The summed E-state index contributed by atoms with van der Waals surface area (Å²) in [6.07, 6.45) is 1.31. The van der Waals surface area contributed by atoms with Crippen LogP contribution < -0.4 is 4.74 Å². The van der Waals surface area contributed by atoms with Gasteiger partial charge in [-0.15, -0.1) is 0 Å². The molecule has 1 aromatic carbocycles. The topological polar surface area (TPSA) is 40.5 Å². The van der Waals surface area contributed by atoms with Gasteiger partial charge in [-0.2, -0.15) is 0 Å². The Morgan fingerprint density at radius 3 is 2.56 bits per heavy atom. The fourth-order valence-electron chi connectivity index (χ4n) is 1.79. The number of carbonyl (C=O) groups excluding carboxylic acids is 1. The molecule has 0 unspecified atom stereocenters. The molecule has 0 N–H and O–H groups in total. The third kappa shape index (κ3) is 2.32. The highest BCUT2D eigenvalue weighted by Crippen LogP contribution is 2.26. The molecule has 96 valence electrons. The van der Waals surface area contributed by atoms with E-state index in [9.17, 15) is 4.79 Å². The van der Waals surface area contributed by atoms with E-state index in [1.165, 1.54) is 4.57 Å². The number of hydrogen-bond donors (Lipinski definition) is 0. The maximum Gasteiger partial charge on any atom is 0.418 e. The molecule has 0 spiro atoms. The monoisotopic (exact) mass is 247 g/mol. The van der Waals surface area contributed by atoms with Crippen molar-refractivity contribution >= 4 is 17.0 Å². The molecule has 2 aromatic rings. The number of rotatable bonds is 1. The van der Waals surface area contributed by atoms with E-state index in [2.05, 4.69) is 0 Å². The van der Waals surface area contributed by atoms with Crippen LogP contribution in [0.1, 0.15) is 20.8 Å². The Bertz CT molecular complexity index is 578. The standard InChI is InChI=1S/C14H17NO3/c1-14(2,3)18-13(16)15-9-8-10-11(15)6-5-7-12(10)17-4/h5-9H,1-4H3. The van der Waals surface area contributed by atoms with Crippen molar-refractivity contribution in [2.45, 2.75) is 26.4 Å². The molecule has 0 amide bonds. The van der Waals surface area contributed by atoms with Crippen LogP contribution in [0.2, 0.25) is 0 Å². The average molecular weight is 247 g/mol. The summed E-state index contributed by atoms with van der Waals surface area (Å²) < 4.78 is 12.1. The van der Waals surface area contributed by atoms with Crippen LogP contribution in [0, 0.1) is 0 Å². The third-order valence-corrected chi connectivity index (χ3v) is 2.50. The molecule has 0 radical (unpaired) electrons. The van der Waals surface area contributed by atoms with E-state index in [4.69, 9.17) is 9.47 Å². The Hall–Kier alpha value is -1.97. The highest BCUT2D eigenvalue weighted by atomic mass is 16.6. The Morgan fingerprint density at radius 1 is 1.22 bits per heavy atom. The molecule has 4 heteroatoms. The summed E-state index contributed by atoms with van der Waals surface area (Å²) in [5.41, 5.74) is 0.274. The normalized spacial score (nSPS) is 11.6. The van der Waals surface area contributed by atoms with Gasteiger partial charge < -0.3 is 9.47 Å². The minimum absolute atomic E-state index is 0.384. The Morgan fingerprint density at radius 2 is 1.94 bits per heavy atom. The van der Waals surface area contributed by atoms with Gasteiger partial charge in [0.25, 0.3) is 0 Å². The maximum absolute atomic E-state index is 12.0. The van der Waals surface area contributed by atoms with Gasteiger partial charge in [0.1, 0.15) is 11.4 Å². The molecule has 2 rings (SSSR count). The molecule has 18 heavy (non-hydrogen) atoms. The highest BCUT2D eigenvalue weighted by Gasteiger charge is 2.19. The number of carbonyl (C=O) groups is 1. The first kappa shape index (κ1) is 12.5. The Balaban J connectivity index is 2.44. The molecule has 0 fully saturated rings. The van der Waals surface area contributed by atoms with Crippen molar-refractivity contribution < 1.29 is 14.3 Å². The summed E-state index contributed by atoms with van der Waals surface area (Å²) in [4.78, 5) is 12.0. The van der Waals surface area contributed by atoms with Crippen molar-refractivity contribution in [1.82, 2.24) is 4.57 Å². The molecule has 0 saturated carbocycles. The molecule has 0 aliphatic rings. The second-order valence-corrected chi connectivity index (χ2v) is 5.06. The summed E-state index contributed by atoms with van der Waals surface area (Å²) in [7, 11) is 1.61. The van der Waals surface area contributed by atoms with E-state index in [1.807, 2.05) is 45.0 Å². The lowest BCUT2D eigenvalue weighted by molar-refractivity contribution is 0.0544. The fraction of sp³-hybridized carbons (Fsp3) is 0.357. The van der Waals surface area contributed by atoms with Crippen LogP contribution in [-0.2, 0) is 4.74 Å². The quantitative estimate of drug-likeness (QED) is 0.775. The third-order valence-electron chi connectivity index (χ3n) is 2.50. The fourth-order valence-corrected chi connectivity index (χ4v) is 1.79. The number of nitrogens with zero attached hydrogens (tertiary/aromatic N) is 1. The van der Waals surface area contributed by atoms with Gasteiger partial charge in [-0.1, -0.05) is 6.07 Å². The first-order chi connectivity index (χ1) is 8.42. The van der Waals surface area contributed by atoms with Crippen LogP contribution in [0.4, 0.5) is 4.79 Å². The van der Waals surface area contributed by atoms with Gasteiger partial charge >= 0.3 is 6.09 Å². The first-order valence-electron chi connectivity index (χ1n) is 5.80. The molecule has 0 saturated heterocycles. The molecule has 0 aliphatic carbocycles. The summed E-state index contributed by atoms with van der Waals surface area (Å²) in [5.74, 6) is 0.745. The zero-order valence-corrected chi connectivity index (χ0v) is 11.1. The molecule has 0 aliphatic heterocycles. The van der Waals surface area contributed by atoms with Gasteiger partial charge in [0.15, 0.2) is 0 Å².